The second-order valence-corrected chi connectivity index (χ2v) is 8.63. The number of hydrogen-bond acceptors (Lipinski definition) is 6. The number of carbonyl (C=O) groups excluding carboxylic acids is 3. The van der Waals surface area contributed by atoms with E-state index in [1.54, 1.807) is 29.2 Å². The number of anilines is 2. The highest BCUT2D eigenvalue weighted by atomic mass is 32.2. The highest BCUT2D eigenvalue weighted by Gasteiger charge is 2.21. The molecule has 0 aliphatic carbocycles. The molecule has 1 fully saturated rings. The predicted molar refractivity (Wildman–Crippen MR) is 106 cm³/mol. The van der Waals surface area contributed by atoms with E-state index in [1.807, 2.05) is 0 Å². The van der Waals surface area contributed by atoms with Crippen LogP contribution in [-0.4, -0.2) is 45.6 Å². The van der Waals surface area contributed by atoms with Gasteiger partial charge in [-0.15, -0.1) is 0 Å². The minimum absolute atomic E-state index is 0.0817. The summed E-state index contributed by atoms with van der Waals surface area (Å²) in [5, 5.41) is 2.61. The monoisotopic (exact) mass is 416 g/mol. The van der Waals surface area contributed by atoms with Gasteiger partial charge in [-0.2, -0.15) is 0 Å². The molecule has 0 spiro atoms. The van der Waals surface area contributed by atoms with Gasteiger partial charge in [0.25, 0.3) is 5.91 Å². The number of sulfone groups is 1. The molecule has 1 aliphatic heterocycles. The summed E-state index contributed by atoms with van der Waals surface area (Å²) in [6, 6.07) is 12.1. The zero-order valence-electron chi connectivity index (χ0n) is 15.8. The average Bonchev–Trinajstić information content (AvgIpc) is 3.12. The first kappa shape index (κ1) is 20.5. The first-order chi connectivity index (χ1) is 13.7. The quantitative estimate of drug-likeness (QED) is 0.722. The molecule has 0 atom stereocenters. The zero-order valence-corrected chi connectivity index (χ0v) is 16.6. The number of hydrogen-bond donors (Lipinski definition) is 1. The summed E-state index contributed by atoms with van der Waals surface area (Å²) >= 11 is 0. The van der Waals surface area contributed by atoms with Crippen LogP contribution in [0.15, 0.2) is 53.4 Å². The second-order valence-electron chi connectivity index (χ2n) is 6.62. The maximum atomic E-state index is 12.0. The fourth-order valence-electron chi connectivity index (χ4n) is 2.90. The van der Waals surface area contributed by atoms with Gasteiger partial charge in [-0.25, -0.2) is 13.2 Å². The van der Waals surface area contributed by atoms with Gasteiger partial charge in [0.1, 0.15) is 0 Å². The summed E-state index contributed by atoms with van der Waals surface area (Å²) in [5.74, 6) is -1.17. The smallest absolute Gasteiger partial charge is 0.338 e. The van der Waals surface area contributed by atoms with Gasteiger partial charge in [-0.05, 0) is 55.0 Å². The molecule has 8 nitrogen and oxygen atoms in total. The van der Waals surface area contributed by atoms with Crippen molar-refractivity contribution in [2.45, 2.75) is 17.7 Å². The van der Waals surface area contributed by atoms with Crippen molar-refractivity contribution in [2.75, 3.05) is 29.6 Å². The van der Waals surface area contributed by atoms with Crippen molar-refractivity contribution >= 4 is 39.0 Å². The van der Waals surface area contributed by atoms with Crippen LogP contribution < -0.4 is 10.2 Å². The van der Waals surface area contributed by atoms with Crippen LogP contribution in [0.5, 0.6) is 0 Å². The third kappa shape index (κ3) is 5.20. The molecule has 0 aromatic heterocycles. The third-order valence-corrected chi connectivity index (χ3v) is 5.52. The van der Waals surface area contributed by atoms with Gasteiger partial charge >= 0.3 is 5.97 Å². The zero-order chi connectivity index (χ0) is 21.0. The van der Waals surface area contributed by atoms with Gasteiger partial charge in [0.2, 0.25) is 5.91 Å². The maximum Gasteiger partial charge on any atom is 0.338 e. The Morgan fingerprint density at radius 2 is 1.72 bits per heavy atom. The van der Waals surface area contributed by atoms with Crippen molar-refractivity contribution in [3.05, 3.63) is 54.1 Å². The lowest BCUT2D eigenvalue weighted by atomic mass is 10.2. The van der Waals surface area contributed by atoms with Crippen LogP contribution in [0.25, 0.3) is 0 Å². The first-order valence-electron chi connectivity index (χ1n) is 8.91. The molecule has 1 aliphatic rings. The number of amides is 2. The van der Waals surface area contributed by atoms with Gasteiger partial charge in [0, 0.05) is 30.6 Å². The number of benzene rings is 2. The van der Waals surface area contributed by atoms with Crippen LogP contribution in [0.3, 0.4) is 0 Å². The van der Waals surface area contributed by atoms with Crippen LogP contribution in [0.1, 0.15) is 23.2 Å². The van der Waals surface area contributed by atoms with Crippen molar-refractivity contribution in [3.63, 3.8) is 0 Å². The Bertz CT molecular complexity index is 1030. The van der Waals surface area contributed by atoms with Gasteiger partial charge in [-0.3, -0.25) is 9.59 Å². The molecular weight excluding hydrogens is 396 g/mol. The van der Waals surface area contributed by atoms with Gasteiger partial charge in [0.15, 0.2) is 16.4 Å². The van der Waals surface area contributed by atoms with Gasteiger partial charge in [-0.1, -0.05) is 0 Å². The molecule has 0 bridgehead atoms. The van der Waals surface area contributed by atoms with Gasteiger partial charge < -0.3 is 15.0 Å². The summed E-state index contributed by atoms with van der Waals surface area (Å²) in [4.78, 5) is 37.5. The molecule has 1 N–H and O–H groups in total. The molecule has 9 heteroatoms. The van der Waals surface area contributed by atoms with Crippen LogP contribution in [0, 0.1) is 0 Å². The Labute approximate surface area is 168 Å². The van der Waals surface area contributed by atoms with E-state index in [-0.39, 0.29) is 16.4 Å². The molecule has 1 saturated heterocycles. The number of nitrogens with zero attached hydrogens (tertiary/aromatic N) is 1. The van der Waals surface area contributed by atoms with E-state index in [4.69, 9.17) is 4.74 Å². The van der Waals surface area contributed by atoms with Crippen LogP contribution in [0.2, 0.25) is 0 Å². The maximum absolute atomic E-state index is 12.0. The van der Waals surface area contributed by atoms with E-state index in [9.17, 15) is 22.8 Å². The minimum atomic E-state index is -3.36. The standard InChI is InChI=1S/C20H20N2O6S/c1-29(26,27)17-10-4-14(5-11-17)20(25)28-13-18(23)21-15-6-8-16(9-7-15)22-12-2-3-19(22)24/h4-11H,2-3,12-13H2,1H3,(H,21,23). The van der Waals surface area contributed by atoms with Crippen LogP contribution in [-0.2, 0) is 24.2 Å². The summed E-state index contributed by atoms with van der Waals surface area (Å²) in [5.41, 5.74) is 1.43. The molecule has 29 heavy (non-hydrogen) atoms. The third-order valence-electron chi connectivity index (χ3n) is 4.39. The Morgan fingerprint density at radius 1 is 1.07 bits per heavy atom. The number of nitrogens with one attached hydrogen (secondary N) is 1. The van der Waals surface area contributed by atoms with Crippen molar-refractivity contribution in [2.24, 2.45) is 0 Å². The normalized spacial score (nSPS) is 14.0. The number of esters is 1. The summed E-state index contributed by atoms with van der Waals surface area (Å²) in [6.07, 6.45) is 2.45. The van der Waals surface area contributed by atoms with Crippen molar-refractivity contribution in [3.8, 4) is 0 Å². The molecule has 2 amide bonds. The molecule has 2 aromatic rings. The van der Waals surface area contributed by atoms with E-state index in [0.717, 1.165) is 18.4 Å². The Hall–Kier alpha value is -3.20. The van der Waals surface area contributed by atoms with Crippen molar-refractivity contribution < 1.29 is 27.5 Å². The Morgan fingerprint density at radius 3 is 2.28 bits per heavy atom. The summed E-state index contributed by atoms with van der Waals surface area (Å²) in [7, 11) is -3.36. The Kier molecular flexibility index (Phi) is 5.97. The van der Waals surface area contributed by atoms with E-state index >= 15 is 0 Å². The molecule has 0 radical (unpaired) electrons. The molecule has 1 heterocycles. The molecule has 3 rings (SSSR count). The largest absolute Gasteiger partial charge is 0.452 e. The SMILES string of the molecule is CS(=O)(=O)c1ccc(C(=O)OCC(=O)Nc2ccc(N3CCCC3=O)cc2)cc1. The molecule has 0 saturated carbocycles. The van der Waals surface area contributed by atoms with E-state index in [1.165, 1.54) is 24.3 Å². The Balaban J connectivity index is 1.51. The predicted octanol–water partition coefficient (Wildman–Crippen LogP) is 2.01. The van der Waals surface area contributed by atoms with Gasteiger partial charge in [0.05, 0.1) is 10.5 Å². The fraction of sp³-hybridized carbons (Fsp3) is 0.250. The fourth-order valence-corrected chi connectivity index (χ4v) is 3.53. The van der Waals surface area contributed by atoms with Crippen molar-refractivity contribution in [1.82, 2.24) is 0 Å². The highest BCUT2D eigenvalue weighted by molar-refractivity contribution is 7.90. The van der Waals surface area contributed by atoms with E-state index in [0.29, 0.717) is 18.7 Å². The summed E-state index contributed by atoms with van der Waals surface area (Å²) < 4.78 is 27.8. The average molecular weight is 416 g/mol. The topological polar surface area (TPSA) is 110 Å². The molecular formula is C20H20N2O6S. The first-order valence-corrected chi connectivity index (χ1v) is 10.8. The van der Waals surface area contributed by atoms with E-state index in [2.05, 4.69) is 5.32 Å². The minimum Gasteiger partial charge on any atom is -0.452 e. The number of carbonyl (C=O) groups is 3. The molecule has 152 valence electrons. The highest BCUT2D eigenvalue weighted by Crippen LogP contribution is 2.23. The lowest BCUT2D eigenvalue weighted by molar-refractivity contribution is -0.119. The van der Waals surface area contributed by atoms with Crippen molar-refractivity contribution in [1.29, 1.82) is 0 Å². The molecule has 0 unspecified atom stereocenters. The second kappa shape index (κ2) is 8.44. The number of ether oxygens (including phenoxy) is 1. The van der Waals surface area contributed by atoms with E-state index < -0.39 is 28.3 Å². The van der Waals surface area contributed by atoms with Crippen LogP contribution >= 0.6 is 0 Å². The lowest BCUT2D eigenvalue weighted by Crippen LogP contribution is -2.23. The van der Waals surface area contributed by atoms with Crippen LogP contribution in [0.4, 0.5) is 11.4 Å². The number of rotatable bonds is 6. The molecule has 2 aromatic carbocycles. The summed E-state index contributed by atoms with van der Waals surface area (Å²) in [6.45, 7) is 0.199. The lowest BCUT2D eigenvalue weighted by Gasteiger charge is -2.16.